The molecule has 6 heterocycles. The van der Waals surface area contributed by atoms with Gasteiger partial charge in [-0.25, -0.2) is 14.4 Å². The Labute approximate surface area is 526 Å². The van der Waals surface area contributed by atoms with Gasteiger partial charge in [-0.05, 0) is 97.2 Å². The number of hydrogen-bond donors (Lipinski definition) is 4. The van der Waals surface area contributed by atoms with E-state index in [0.29, 0.717) is 32.6 Å². The van der Waals surface area contributed by atoms with Crippen LogP contribution >= 0.6 is 0 Å². The average molecular weight is 1220 g/mol. The van der Waals surface area contributed by atoms with E-state index in [4.69, 9.17) is 19.9 Å². The highest BCUT2D eigenvalue weighted by Crippen LogP contribution is 2.46. The zero-order chi connectivity index (χ0) is 62.3. The van der Waals surface area contributed by atoms with Crippen LogP contribution in [0.3, 0.4) is 0 Å². The Bertz CT molecular complexity index is 3610. The number of aromatic amines is 2. The zero-order valence-electron chi connectivity index (χ0n) is 51.7. The molecule has 5 N–H and O–H groups in total. The fraction of sp³-hybridized carbons (Fsp3) is 0.444. The van der Waals surface area contributed by atoms with Crippen LogP contribution in [0.25, 0.3) is 21.8 Å². The summed E-state index contributed by atoms with van der Waals surface area (Å²) in [5, 5.41) is 5.31. The average Bonchev–Trinajstić information content (AvgIpc) is 1.60. The summed E-state index contributed by atoms with van der Waals surface area (Å²) >= 11 is 0. The largest absolute Gasteiger partial charge is 0.445 e. The van der Waals surface area contributed by atoms with E-state index < -0.39 is 36.2 Å². The van der Waals surface area contributed by atoms with Gasteiger partial charge in [0.15, 0.2) is 0 Å². The summed E-state index contributed by atoms with van der Waals surface area (Å²) < 4.78 is 17.1. The lowest BCUT2D eigenvalue weighted by molar-refractivity contribution is -0.140. The Hall–Kier alpha value is -8.64. The standard InChI is InChI=1S/C42H49N5O6.C30H36N4O3/c1-28(45(2)41(50)52-26-29-14-6-3-7-15-29)39(48)44-37(31-18-10-5-11-19-31)40(49)46-23-22-36-38(46)34(33-24-43-35-21-13-12-20-32(33)35)25-47(36)42(51)53-27-30-16-8-4-9-17-30;31-27(21-11-5-2-6-12-21)29(35)33-16-15-26-28(33)24(23-17-32-25-14-8-7-13-22(23)25)18-34(26)30(36)37-19-20-9-3-1-4-10-20/h3-4,6-9,12-17,20-21,24,28,31,34,36-38,43H,5,10-11,18-19,22-23,25-27H2,1-2H3,(H,44,48);1,3-4,7-10,13-14,17,21,24,26-28,32H,2,5-6,11-12,15-16,18-19,31H2/t28-,34+,36+,37-,38+;24-,26-,27+,28-/m01/s1. The van der Waals surface area contributed by atoms with Gasteiger partial charge in [-0.1, -0.05) is 166 Å². The lowest BCUT2D eigenvalue weighted by atomic mass is 9.82. The van der Waals surface area contributed by atoms with Gasteiger partial charge in [0.25, 0.3) is 0 Å². The first kappa shape index (κ1) is 61.6. The van der Waals surface area contributed by atoms with Crippen molar-refractivity contribution in [3.63, 3.8) is 0 Å². The summed E-state index contributed by atoms with van der Waals surface area (Å²) in [5.74, 6) is -0.460. The van der Waals surface area contributed by atoms with E-state index >= 15 is 0 Å². The molecule has 6 fully saturated rings. The second-order valence-corrected chi connectivity index (χ2v) is 25.6. The van der Waals surface area contributed by atoms with Gasteiger partial charge < -0.3 is 54.8 Å². The maximum absolute atomic E-state index is 14.9. The number of H-pyrrole nitrogens is 2. The molecule has 5 aromatic carbocycles. The molecular formula is C72H85N9O9. The van der Waals surface area contributed by atoms with Crippen LogP contribution in [0.4, 0.5) is 14.4 Å². The number of hydrogen-bond acceptors (Lipinski definition) is 10. The number of rotatable bonds is 15. The van der Waals surface area contributed by atoms with E-state index in [1.807, 2.05) is 148 Å². The van der Waals surface area contributed by atoms with Crippen molar-refractivity contribution in [2.24, 2.45) is 17.6 Å². The van der Waals surface area contributed by atoms with Gasteiger partial charge in [0.2, 0.25) is 17.7 Å². The number of nitrogens with zero attached hydrogens (tertiary/aromatic N) is 5. The van der Waals surface area contributed by atoms with Crippen LogP contribution in [0, 0.1) is 11.8 Å². The van der Waals surface area contributed by atoms with Crippen LogP contribution in [0.2, 0.25) is 0 Å². The predicted octanol–water partition coefficient (Wildman–Crippen LogP) is 11.4. The molecule has 2 aliphatic carbocycles. The number of para-hydroxylation sites is 2. The molecule has 0 radical (unpaired) electrons. The number of ether oxygens (including phenoxy) is 3. The van der Waals surface area contributed by atoms with Crippen molar-refractivity contribution in [1.82, 2.24) is 39.8 Å². The molecule has 4 saturated heterocycles. The van der Waals surface area contributed by atoms with Gasteiger partial charge in [0, 0.05) is 79.3 Å². The molecule has 472 valence electrons. The monoisotopic (exact) mass is 1220 g/mol. The van der Waals surface area contributed by atoms with Crippen LogP contribution in [-0.4, -0.2) is 146 Å². The summed E-state index contributed by atoms with van der Waals surface area (Å²) in [5.41, 5.74) is 13.6. The van der Waals surface area contributed by atoms with Gasteiger partial charge >= 0.3 is 18.3 Å². The third-order valence-electron chi connectivity index (χ3n) is 20.3. The van der Waals surface area contributed by atoms with Gasteiger partial charge in [-0.2, -0.15) is 0 Å². The Morgan fingerprint density at radius 2 is 0.933 bits per heavy atom. The van der Waals surface area contributed by atoms with E-state index in [1.165, 1.54) is 18.4 Å². The SMILES string of the molecule is C[C@@H](C(=O)N[C@H](C(=O)N1CC[C@@H]2[C@H]1[C@@H](c1c[nH]c3ccccc13)CN2C(=O)OCc1ccccc1)C1CCCCC1)N(C)C(=O)OCc1ccccc1.N[C@H](C(=O)N1CC[C@@H]2[C@H]1[C@@H](c1c[nH]c3ccccc13)CN2C(=O)OCc1ccccc1)C1CCCCC1. The number of amides is 6. The number of likely N-dealkylation sites (N-methyl/N-ethyl adjacent to an activating group) is 1. The molecule has 9 atom stereocenters. The summed E-state index contributed by atoms with van der Waals surface area (Å²) in [7, 11) is 1.54. The molecular weight excluding hydrogens is 1130 g/mol. The molecule has 0 unspecified atom stereocenters. The first-order chi connectivity index (χ1) is 43.9. The van der Waals surface area contributed by atoms with Crippen molar-refractivity contribution in [1.29, 1.82) is 0 Å². The predicted molar refractivity (Wildman–Crippen MR) is 343 cm³/mol. The molecule has 2 aromatic heterocycles. The molecule has 4 aliphatic heterocycles. The molecule has 0 spiro atoms. The van der Waals surface area contributed by atoms with Gasteiger partial charge in [0.1, 0.15) is 31.9 Å². The molecule has 7 aromatic rings. The fourth-order valence-electron chi connectivity index (χ4n) is 15.4. The normalized spacial score (nSPS) is 22.7. The third kappa shape index (κ3) is 13.2. The van der Waals surface area contributed by atoms with E-state index in [9.17, 15) is 28.8 Å². The van der Waals surface area contributed by atoms with Crippen molar-refractivity contribution in [3.05, 3.63) is 180 Å². The highest BCUT2D eigenvalue weighted by atomic mass is 16.6. The lowest BCUT2D eigenvalue weighted by Gasteiger charge is -2.37. The second-order valence-electron chi connectivity index (χ2n) is 25.6. The number of fused-ring (bicyclic) bond motifs is 4. The van der Waals surface area contributed by atoms with Crippen LogP contribution in [0.1, 0.15) is 124 Å². The Kier molecular flexibility index (Phi) is 19.2. The maximum atomic E-state index is 14.9. The topological polar surface area (TPSA) is 216 Å². The number of nitrogens with two attached hydrogens (primary N) is 1. The number of benzene rings is 5. The number of nitrogens with one attached hydrogen (secondary N) is 3. The van der Waals surface area contributed by atoms with E-state index in [1.54, 1.807) is 11.8 Å². The lowest BCUT2D eigenvalue weighted by Crippen LogP contribution is -2.58. The molecule has 6 amide bonds. The van der Waals surface area contributed by atoms with Crippen molar-refractivity contribution in [3.8, 4) is 0 Å². The van der Waals surface area contributed by atoms with E-state index in [2.05, 4.69) is 33.5 Å². The highest BCUT2D eigenvalue weighted by Gasteiger charge is 2.56. The van der Waals surface area contributed by atoms with Gasteiger partial charge in [-0.3, -0.25) is 19.3 Å². The molecule has 90 heavy (non-hydrogen) atoms. The van der Waals surface area contributed by atoms with Crippen LogP contribution < -0.4 is 11.1 Å². The van der Waals surface area contributed by atoms with Crippen molar-refractivity contribution < 1.29 is 43.0 Å². The second kappa shape index (κ2) is 28.0. The summed E-state index contributed by atoms with van der Waals surface area (Å²) in [6.07, 6.45) is 14.4. The first-order valence-corrected chi connectivity index (χ1v) is 32.6. The van der Waals surface area contributed by atoms with Crippen LogP contribution in [0.15, 0.2) is 152 Å². The van der Waals surface area contributed by atoms with Crippen molar-refractivity contribution >= 4 is 57.8 Å². The van der Waals surface area contributed by atoms with Crippen LogP contribution in [-0.2, 0) is 48.4 Å². The minimum Gasteiger partial charge on any atom is -0.445 e. The summed E-state index contributed by atoms with van der Waals surface area (Å²) in [6.45, 7) is 4.14. The molecule has 18 heteroatoms. The fourth-order valence-corrected chi connectivity index (χ4v) is 15.4. The Morgan fingerprint density at radius 1 is 0.522 bits per heavy atom. The van der Waals surface area contributed by atoms with Gasteiger partial charge in [-0.15, -0.1) is 0 Å². The minimum absolute atomic E-state index is 0.00423. The molecule has 0 bridgehead atoms. The van der Waals surface area contributed by atoms with Crippen molar-refractivity contribution in [2.45, 2.75) is 158 Å². The number of likely N-dealkylation sites (tertiary alicyclic amines) is 4. The quantitative estimate of drug-likeness (QED) is 0.0712. The summed E-state index contributed by atoms with van der Waals surface area (Å²) in [6, 6.07) is 42.2. The van der Waals surface area contributed by atoms with E-state index in [-0.39, 0.29) is 85.6 Å². The first-order valence-electron chi connectivity index (χ1n) is 32.6. The minimum atomic E-state index is -0.871. The molecule has 18 nitrogen and oxygen atoms in total. The highest BCUT2D eigenvalue weighted by molar-refractivity contribution is 5.92. The van der Waals surface area contributed by atoms with E-state index in [0.717, 1.165) is 114 Å². The molecule has 6 aliphatic rings. The zero-order valence-corrected chi connectivity index (χ0v) is 51.7. The maximum Gasteiger partial charge on any atom is 0.410 e. The third-order valence-corrected chi connectivity index (χ3v) is 20.3. The molecule has 2 saturated carbocycles. The number of aromatic nitrogens is 2. The summed E-state index contributed by atoms with van der Waals surface area (Å²) in [4.78, 5) is 98.4. The van der Waals surface area contributed by atoms with Crippen molar-refractivity contribution in [2.75, 3.05) is 33.2 Å². The molecule has 13 rings (SSSR count). The number of carbonyl (C=O) groups excluding carboxylic acids is 6. The smallest absolute Gasteiger partial charge is 0.410 e. The Morgan fingerprint density at radius 3 is 1.40 bits per heavy atom. The Balaban J connectivity index is 0.000000185. The van der Waals surface area contributed by atoms with Gasteiger partial charge in [0.05, 0.1) is 30.2 Å². The van der Waals surface area contributed by atoms with Crippen LogP contribution in [0.5, 0.6) is 0 Å². The number of carbonyl (C=O) groups is 6.